The number of benzene rings is 1. The van der Waals surface area contributed by atoms with Crippen LogP contribution in [0.3, 0.4) is 0 Å². The first kappa shape index (κ1) is 11.6. The van der Waals surface area contributed by atoms with Gasteiger partial charge in [-0.15, -0.1) is 0 Å². The first-order chi connectivity index (χ1) is 7.65. The van der Waals surface area contributed by atoms with Crippen molar-refractivity contribution in [3.8, 4) is 0 Å². The summed E-state index contributed by atoms with van der Waals surface area (Å²) in [6.45, 7) is 2.07. The van der Waals surface area contributed by atoms with Crippen molar-refractivity contribution in [1.29, 1.82) is 0 Å². The second-order valence-corrected chi connectivity index (χ2v) is 4.56. The van der Waals surface area contributed by atoms with Gasteiger partial charge < -0.3 is 10.5 Å². The van der Waals surface area contributed by atoms with Crippen LogP contribution in [0.4, 0.5) is 4.39 Å². The van der Waals surface area contributed by atoms with Gasteiger partial charge in [0.15, 0.2) is 0 Å². The van der Waals surface area contributed by atoms with Gasteiger partial charge in [-0.3, -0.25) is 0 Å². The molecule has 0 saturated carbocycles. The molecule has 0 aromatic heterocycles. The van der Waals surface area contributed by atoms with Gasteiger partial charge in [0.05, 0.1) is 12.2 Å². The molecule has 0 radical (unpaired) electrons. The maximum atomic E-state index is 12.7. The average Bonchev–Trinajstić information content (AvgIpc) is 2.68. The van der Waals surface area contributed by atoms with Crippen LogP contribution < -0.4 is 5.73 Å². The van der Waals surface area contributed by atoms with E-state index < -0.39 is 0 Å². The zero-order valence-electron chi connectivity index (χ0n) is 9.53. The lowest BCUT2D eigenvalue weighted by Gasteiger charge is -2.19. The Morgan fingerprint density at radius 2 is 2.06 bits per heavy atom. The molecule has 1 saturated heterocycles. The van der Waals surface area contributed by atoms with Crippen LogP contribution >= 0.6 is 0 Å². The van der Waals surface area contributed by atoms with Crippen LogP contribution in [0.1, 0.15) is 25.3 Å². The van der Waals surface area contributed by atoms with Crippen molar-refractivity contribution in [3.05, 3.63) is 35.6 Å². The van der Waals surface area contributed by atoms with Crippen LogP contribution in [-0.2, 0) is 11.2 Å². The molecule has 0 amide bonds. The van der Waals surface area contributed by atoms with Crippen LogP contribution in [0.5, 0.6) is 0 Å². The van der Waals surface area contributed by atoms with Crippen LogP contribution in [0.2, 0.25) is 0 Å². The van der Waals surface area contributed by atoms with Crippen molar-refractivity contribution < 1.29 is 9.13 Å². The Morgan fingerprint density at radius 3 is 2.62 bits per heavy atom. The monoisotopic (exact) mass is 223 g/mol. The third kappa shape index (κ3) is 2.80. The molecular weight excluding hydrogens is 205 g/mol. The van der Waals surface area contributed by atoms with Gasteiger partial charge in [0.25, 0.3) is 0 Å². The minimum atomic E-state index is -0.205. The average molecular weight is 223 g/mol. The zero-order valence-corrected chi connectivity index (χ0v) is 9.53. The Balaban J connectivity index is 1.91. The predicted molar refractivity (Wildman–Crippen MR) is 61.6 cm³/mol. The van der Waals surface area contributed by atoms with E-state index >= 15 is 0 Å². The van der Waals surface area contributed by atoms with Crippen molar-refractivity contribution in [3.63, 3.8) is 0 Å². The Hall–Kier alpha value is -0.930. The minimum Gasteiger partial charge on any atom is -0.374 e. The van der Waals surface area contributed by atoms with Gasteiger partial charge in [-0.1, -0.05) is 12.1 Å². The number of ether oxygens (including phenoxy) is 1. The van der Waals surface area contributed by atoms with Gasteiger partial charge >= 0.3 is 0 Å². The molecule has 3 unspecified atom stereocenters. The molecule has 2 N–H and O–H groups in total. The summed E-state index contributed by atoms with van der Waals surface area (Å²) >= 11 is 0. The predicted octanol–water partition coefficient (Wildman–Crippen LogP) is 2.26. The normalized spacial score (nSPS) is 26.9. The number of nitrogens with two attached hydrogens (primary N) is 1. The highest BCUT2D eigenvalue weighted by Crippen LogP contribution is 2.22. The fourth-order valence-electron chi connectivity index (χ4n) is 2.17. The molecule has 1 heterocycles. The standard InChI is InChI=1S/C13H18FNO/c1-9-2-7-13(16-9)12(15)8-10-3-5-11(14)6-4-10/h3-6,9,12-13H,2,7-8,15H2,1H3. The third-order valence-corrected chi connectivity index (χ3v) is 3.13. The maximum Gasteiger partial charge on any atom is 0.123 e. The van der Waals surface area contributed by atoms with Gasteiger partial charge in [-0.05, 0) is 43.9 Å². The first-order valence-electron chi connectivity index (χ1n) is 5.80. The summed E-state index contributed by atoms with van der Waals surface area (Å²) in [6.07, 6.45) is 3.34. The lowest BCUT2D eigenvalue weighted by Crippen LogP contribution is -2.36. The summed E-state index contributed by atoms with van der Waals surface area (Å²) in [4.78, 5) is 0. The fraction of sp³-hybridized carbons (Fsp3) is 0.538. The van der Waals surface area contributed by atoms with E-state index in [2.05, 4.69) is 6.92 Å². The summed E-state index contributed by atoms with van der Waals surface area (Å²) in [5.41, 5.74) is 7.16. The molecule has 3 atom stereocenters. The second-order valence-electron chi connectivity index (χ2n) is 4.56. The topological polar surface area (TPSA) is 35.2 Å². The van der Waals surface area contributed by atoms with Crippen LogP contribution in [0, 0.1) is 5.82 Å². The summed E-state index contributed by atoms with van der Waals surface area (Å²) in [7, 11) is 0. The quantitative estimate of drug-likeness (QED) is 0.853. The Labute approximate surface area is 95.6 Å². The summed E-state index contributed by atoms with van der Waals surface area (Å²) in [6, 6.07) is 6.53. The molecule has 2 rings (SSSR count). The van der Waals surface area contributed by atoms with E-state index in [1.807, 2.05) is 0 Å². The molecule has 0 spiro atoms. The Kier molecular flexibility index (Phi) is 3.56. The Bertz CT molecular complexity index is 338. The van der Waals surface area contributed by atoms with Crippen molar-refractivity contribution in [2.45, 2.75) is 44.4 Å². The van der Waals surface area contributed by atoms with E-state index in [0.717, 1.165) is 24.8 Å². The second kappa shape index (κ2) is 4.93. The van der Waals surface area contributed by atoms with E-state index in [4.69, 9.17) is 10.5 Å². The van der Waals surface area contributed by atoms with Crippen molar-refractivity contribution in [2.75, 3.05) is 0 Å². The molecule has 3 heteroatoms. The molecule has 16 heavy (non-hydrogen) atoms. The molecule has 1 aliphatic rings. The van der Waals surface area contributed by atoms with E-state index in [1.165, 1.54) is 12.1 Å². The van der Waals surface area contributed by atoms with Crippen LogP contribution in [0.15, 0.2) is 24.3 Å². The SMILES string of the molecule is CC1CCC(C(N)Cc2ccc(F)cc2)O1. The molecule has 1 aromatic carbocycles. The Morgan fingerprint density at radius 1 is 1.38 bits per heavy atom. The van der Waals surface area contributed by atoms with Crippen LogP contribution in [0.25, 0.3) is 0 Å². The van der Waals surface area contributed by atoms with Crippen molar-refractivity contribution in [1.82, 2.24) is 0 Å². The summed E-state index contributed by atoms with van der Waals surface area (Å²) in [5.74, 6) is -0.205. The van der Waals surface area contributed by atoms with E-state index in [-0.39, 0.29) is 18.0 Å². The number of hydrogen-bond acceptors (Lipinski definition) is 2. The van der Waals surface area contributed by atoms with Crippen molar-refractivity contribution >= 4 is 0 Å². The van der Waals surface area contributed by atoms with Gasteiger partial charge in [0.1, 0.15) is 5.82 Å². The highest BCUT2D eigenvalue weighted by Gasteiger charge is 2.27. The zero-order chi connectivity index (χ0) is 11.5. The number of hydrogen-bond donors (Lipinski definition) is 1. The molecule has 1 fully saturated rings. The van der Waals surface area contributed by atoms with Gasteiger partial charge in [-0.2, -0.15) is 0 Å². The van der Waals surface area contributed by atoms with E-state index in [1.54, 1.807) is 12.1 Å². The molecular formula is C13H18FNO. The molecule has 0 aliphatic carbocycles. The van der Waals surface area contributed by atoms with E-state index in [0.29, 0.717) is 6.10 Å². The maximum absolute atomic E-state index is 12.7. The van der Waals surface area contributed by atoms with E-state index in [9.17, 15) is 4.39 Å². The first-order valence-corrected chi connectivity index (χ1v) is 5.80. The smallest absolute Gasteiger partial charge is 0.123 e. The van der Waals surface area contributed by atoms with Gasteiger partial charge in [-0.25, -0.2) is 4.39 Å². The highest BCUT2D eigenvalue weighted by atomic mass is 19.1. The molecule has 0 bridgehead atoms. The lowest BCUT2D eigenvalue weighted by atomic mass is 10.0. The molecule has 88 valence electrons. The minimum absolute atomic E-state index is 0.00964. The largest absolute Gasteiger partial charge is 0.374 e. The van der Waals surface area contributed by atoms with Crippen molar-refractivity contribution in [2.24, 2.45) is 5.73 Å². The van der Waals surface area contributed by atoms with Gasteiger partial charge in [0.2, 0.25) is 0 Å². The van der Waals surface area contributed by atoms with Gasteiger partial charge in [0, 0.05) is 6.04 Å². The molecule has 1 aliphatic heterocycles. The fourth-order valence-corrected chi connectivity index (χ4v) is 2.17. The number of rotatable bonds is 3. The highest BCUT2D eigenvalue weighted by molar-refractivity contribution is 5.17. The van der Waals surface area contributed by atoms with Crippen LogP contribution in [-0.4, -0.2) is 18.2 Å². The lowest BCUT2D eigenvalue weighted by molar-refractivity contribution is 0.0404. The molecule has 2 nitrogen and oxygen atoms in total. The summed E-state index contributed by atoms with van der Waals surface area (Å²) < 4.78 is 18.4. The third-order valence-electron chi connectivity index (χ3n) is 3.13. The molecule has 1 aromatic rings. The summed E-state index contributed by atoms with van der Waals surface area (Å²) in [5, 5.41) is 0. The number of halogens is 1.